The van der Waals surface area contributed by atoms with Crippen LogP contribution in [0.4, 0.5) is 0 Å². The first-order chi connectivity index (χ1) is 10.1. The second-order valence-corrected chi connectivity index (χ2v) is 4.63. The van der Waals surface area contributed by atoms with Gasteiger partial charge >= 0.3 is 5.97 Å². The van der Waals surface area contributed by atoms with Crippen molar-refractivity contribution in [3.05, 3.63) is 24.3 Å². The van der Waals surface area contributed by atoms with E-state index in [9.17, 15) is 9.59 Å². The maximum atomic E-state index is 11.4. The Kier molecular flexibility index (Phi) is 4.99. The van der Waals surface area contributed by atoms with Crippen molar-refractivity contribution in [3.8, 4) is 11.5 Å². The molecule has 1 aromatic carbocycles. The average Bonchev–Trinajstić information content (AvgIpc) is 2.47. The van der Waals surface area contributed by atoms with E-state index in [1.54, 1.807) is 24.1 Å². The fourth-order valence-corrected chi connectivity index (χ4v) is 2.18. The number of amides is 1. The summed E-state index contributed by atoms with van der Waals surface area (Å²) in [5, 5.41) is 11.7. The molecule has 0 aliphatic carbocycles. The van der Waals surface area contributed by atoms with Gasteiger partial charge in [0.15, 0.2) is 11.5 Å². The van der Waals surface area contributed by atoms with Crippen LogP contribution in [0, 0.1) is 0 Å². The second kappa shape index (κ2) is 6.94. The van der Waals surface area contributed by atoms with Crippen LogP contribution in [0.3, 0.4) is 0 Å². The molecule has 1 aromatic rings. The van der Waals surface area contributed by atoms with Crippen LogP contribution in [0.2, 0.25) is 0 Å². The fraction of sp³-hybridized carbons (Fsp3) is 0.429. The van der Waals surface area contributed by atoms with Gasteiger partial charge in [0.2, 0.25) is 5.91 Å². The van der Waals surface area contributed by atoms with Gasteiger partial charge in [-0.15, -0.1) is 0 Å². The number of piperazine rings is 1. The number of hydrogen-bond donors (Lipinski definition) is 2. The Hall–Kier alpha value is -2.28. The number of nitrogens with one attached hydrogen (secondary N) is 1. The second-order valence-electron chi connectivity index (χ2n) is 4.63. The highest BCUT2D eigenvalue weighted by molar-refractivity contribution is 5.83. The summed E-state index contributed by atoms with van der Waals surface area (Å²) in [6.07, 6.45) is 0. The third-order valence-corrected chi connectivity index (χ3v) is 3.27. The molecule has 7 heteroatoms. The molecule has 1 fully saturated rings. The van der Waals surface area contributed by atoms with Gasteiger partial charge in [-0.25, -0.2) is 0 Å². The summed E-state index contributed by atoms with van der Waals surface area (Å²) in [7, 11) is 1.55. The molecule has 2 rings (SSSR count). The van der Waals surface area contributed by atoms with E-state index in [-0.39, 0.29) is 25.6 Å². The topological polar surface area (TPSA) is 88.1 Å². The molecule has 1 amide bonds. The number of methoxy groups -OCH3 is 1. The number of ether oxygens (including phenoxy) is 2. The normalized spacial score (nSPS) is 18.9. The predicted molar refractivity (Wildman–Crippen MR) is 74.5 cm³/mol. The summed E-state index contributed by atoms with van der Waals surface area (Å²) in [6.45, 7) is 0.801. The zero-order valence-corrected chi connectivity index (χ0v) is 11.7. The molecule has 1 heterocycles. The van der Waals surface area contributed by atoms with Gasteiger partial charge in [-0.3, -0.25) is 14.5 Å². The fourth-order valence-electron chi connectivity index (χ4n) is 2.18. The van der Waals surface area contributed by atoms with E-state index in [0.29, 0.717) is 18.0 Å². The minimum Gasteiger partial charge on any atom is -0.493 e. The van der Waals surface area contributed by atoms with Gasteiger partial charge in [-0.05, 0) is 12.1 Å². The number of benzene rings is 1. The lowest BCUT2D eigenvalue weighted by Crippen LogP contribution is -2.58. The molecule has 0 saturated carbocycles. The molecule has 0 radical (unpaired) electrons. The van der Waals surface area contributed by atoms with Gasteiger partial charge < -0.3 is 19.9 Å². The summed E-state index contributed by atoms with van der Waals surface area (Å²) in [5.74, 6) is 0.0779. The largest absolute Gasteiger partial charge is 0.493 e. The van der Waals surface area contributed by atoms with Crippen LogP contribution in [-0.4, -0.2) is 61.3 Å². The molecule has 1 atom stereocenters. The van der Waals surface area contributed by atoms with Crippen molar-refractivity contribution < 1.29 is 24.2 Å². The molecule has 0 bridgehead atoms. The number of hydrogen-bond acceptors (Lipinski definition) is 5. The summed E-state index contributed by atoms with van der Waals surface area (Å²) >= 11 is 0. The van der Waals surface area contributed by atoms with Crippen LogP contribution in [-0.2, 0) is 9.59 Å². The molecule has 1 aliphatic heterocycles. The Morgan fingerprint density at radius 1 is 1.43 bits per heavy atom. The first-order valence-electron chi connectivity index (χ1n) is 6.61. The van der Waals surface area contributed by atoms with E-state index in [0.717, 1.165) is 0 Å². The highest BCUT2D eigenvalue weighted by Gasteiger charge is 2.31. The highest BCUT2D eigenvalue weighted by Crippen LogP contribution is 2.25. The molecule has 0 aromatic heterocycles. The van der Waals surface area contributed by atoms with Gasteiger partial charge in [0.05, 0.1) is 13.7 Å². The Labute approximate surface area is 122 Å². The van der Waals surface area contributed by atoms with E-state index >= 15 is 0 Å². The molecule has 2 N–H and O–H groups in total. The van der Waals surface area contributed by atoms with Crippen molar-refractivity contribution in [2.75, 3.05) is 33.4 Å². The van der Waals surface area contributed by atoms with Crippen molar-refractivity contribution in [1.82, 2.24) is 10.2 Å². The maximum Gasteiger partial charge on any atom is 0.322 e. The lowest BCUT2D eigenvalue weighted by molar-refractivity contribution is -0.146. The Morgan fingerprint density at radius 2 is 2.14 bits per heavy atom. The van der Waals surface area contributed by atoms with Crippen LogP contribution in [0.5, 0.6) is 11.5 Å². The quantitative estimate of drug-likeness (QED) is 0.765. The standard InChI is InChI=1S/C14H18N2O5/c1-20-11-4-2-3-5-12(11)21-7-6-16-9-13(17)15-8-10(16)14(18)19/h2-5,10H,6-9H2,1H3,(H,15,17)(H,18,19). The molecular formula is C14H18N2O5. The SMILES string of the molecule is COc1ccccc1OCCN1CC(=O)NCC1C(=O)O. The number of carbonyl (C=O) groups is 2. The van der Waals surface area contributed by atoms with E-state index < -0.39 is 12.0 Å². The summed E-state index contributed by atoms with van der Waals surface area (Å²) in [6, 6.07) is 6.50. The number of aliphatic carboxylic acids is 1. The third-order valence-electron chi connectivity index (χ3n) is 3.27. The Balaban J connectivity index is 1.91. The first-order valence-corrected chi connectivity index (χ1v) is 6.61. The number of carbonyl (C=O) groups excluding carboxylic acids is 1. The molecule has 1 unspecified atom stereocenters. The predicted octanol–water partition coefficient (Wildman–Crippen LogP) is -0.0410. The van der Waals surface area contributed by atoms with Gasteiger partial charge in [0, 0.05) is 13.1 Å². The van der Waals surface area contributed by atoms with Gasteiger partial charge in [-0.1, -0.05) is 12.1 Å². The molecular weight excluding hydrogens is 276 g/mol. The molecule has 7 nitrogen and oxygen atoms in total. The van der Waals surface area contributed by atoms with Crippen molar-refractivity contribution in [3.63, 3.8) is 0 Å². The van der Waals surface area contributed by atoms with Crippen molar-refractivity contribution in [1.29, 1.82) is 0 Å². The number of carboxylic acid groups (broad SMARTS) is 1. The minimum atomic E-state index is -0.952. The zero-order chi connectivity index (χ0) is 15.2. The number of rotatable bonds is 6. The average molecular weight is 294 g/mol. The number of para-hydroxylation sites is 2. The first kappa shape index (κ1) is 15.1. The molecule has 1 aliphatic rings. The Morgan fingerprint density at radius 3 is 2.81 bits per heavy atom. The summed E-state index contributed by atoms with van der Waals surface area (Å²) in [5.41, 5.74) is 0. The van der Waals surface area contributed by atoms with Crippen molar-refractivity contribution in [2.45, 2.75) is 6.04 Å². The van der Waals surface area contributed by atoms with Crippen LogP contribution in [0.1, 0.15) is 0 Å². The summed E-state index contributed by atoms with van der Waals surface area (Å²) < 4.78 is 10.8. The lowest BCUT2D eigenvalue weighted by atomic mass is 10.2. The number of carboxylic acids is 1. The number of nitrogens with zero attached hydrogens (tertiary/aromatic N) is 1. The van der Waals surface area contributed by atoms with Crippen LogP contribution in [0.25, 0.3) is 0 Å². The van der Waals surface area contributed by atoms with Crippen LogP contribution in [0.15, 0.2) is 24.3 Å². The van der Waals surface area contributed by atoms with E-state index in [4.69, 9.17) is 14.6 Å². The molecule has 21 heavy (non-hydrogen) atoms. The lowest BCUT2D eigenvalue weighted by Gasteiger charge is -2.32. The van der Waals surface area contributed by atoms with Gasteiger partial charge in [0.25, 0.3) is 0 Å². The molecule has 114 valence electrons. The van der Waals surface area contributed by atoms with E-state index in [2.05, 4.69) is 5.32 Å². The van der Waals surface area contributed by atoms with Gasteiger partial charge in [-0.2, -0.15) is 0 Å². The van der Waals surface area contributed by atoms with Crippen molar-refractivity contribution >= 4 is 11.9 Å². The highest BCUT2D eigenvalue weighted by atomic mass is 16.5. The zero-order valence-electron chi connectivity index (χ0n) is 11.7. The smallest absolute Gasteiger partial charge is 0.322 e. The van der Waals surface area contributed by atoms with E-state index in [1.807, 2.05) is 12.1 Å². The summed E-state index contributed by atoms with van der Waals surface area (Å²) in [4.78, 5) is 24.1. The third kappa shape index (κ3) is 3.85. The molecule has 1 saturated heterocycles. The van der Waals surface area contributed by atoms with Gasteiger partial charge in [0.1, 0.15) is 12.6 Å². The van der Waals surface area contributed by atoms with E-state index in [1.165, 1.54) is 0 Å². The minimum absolute atomic E-state index is 0.0618. The monoisotopic (exact) mass is 294 g/mol. The maximum absolute atomic E-state index is 11.4. The Bertz CT molecular complexity index is 520. The van der Waals surface area contributed by atoms with Crippen molar-refractivity contribution in [2.24, 2.45) is 0 Å². The van der Waals surface area contributed by atoms with Crippen LogP contribution < -0.4 is 14.8 Å². The van der Waals surface area contributed by atoms with Crippen LogP contribution >= 0.6 is 0 Å². The molecule has 0 spiro atoms.